The highest BCUT2D eigenvalue weighted by Gasteiger charge is 2.16. The summed E-state index contributed by atoms with van der Waals surface area (Å²) in [5, 5.41) is 10.7. The second-order valence-electron chi connectivity index (χ2n) is 3.68. The number of hydrogen-bond acceptors (Lipinski definition) is 4. The van der Waals surface area contributed by atoms with E-state index in [1.165, 1.54) is 0 Å². The van der Waals surface area contributed by atoms with Crippen LogP contribution in [-0.2, 0) is 0 Å². The summed E-state index contributed by atoms with van der Waals surface area (Å²) in [7, 11) is 0. The number of H-pyrrole nitrogens is 1. The number of pyridine rings is 1. The van der Waals surface area contributed by atoms with E-state index in [9.17, 15) is 0 Å². The van der Waals surface area contributed by atoms with E-state index in [0.29, 0.717) is 0 Å². The highest BCUT2D eigenvalue weighted by Crippen LogP contribution is 2.21. The van der Waals surface area contributed by atoms with Crippen LogP contribution in [0.4, 0.5) is 5.82 Å². The smallest absolute Gasteiger partial charge is 0.177 e. The minimum atomic E-state index is 0.972. The zero-order chi connectivity index (χ0) is 10.1. The molecule has 0 aromatic carbocycles. The number of aromatic amines is 1. The number of aromatic nitrogens is 3. The van der Waals surface area contributed by atoms with Gasteiger partial charge in [-0.25, -0.2) is 0 Å². The Balaban J connectivity index is 2.02. The predicted octanol–water partition coefficient (Wildman–Crippen LogP) is 0.367. The van der Waals surface area contributed by atoms with Gasteiger partial charge in [-0.1, -0.05) is 0 Å². The number of rotatable bonds is 1. The highest BCUT2D eigenvalue weighted by molar-refractivity contribution is 5.85. The number of piperazine rings is 1. The van der Waals surface area contributed by atoms with Gasteiger partial charge in [0.1, 0.15) is 5.52 Å². The third-order valence-corrected chi connectivity index (χ3v) is 2.72. The third-order valence-electron chi connectivity index (χ3n) is 2.72. The Morgan fingerprint density at radius 1 is 1.27 bits per heavy atom. The minimum absolute atomic E-state index is 0.972. The van der Waals surface area contributed by atoms with Crippen molar-refractivity contribution >= 4 is 16.9 Å². The molecule has 15 heavy (non-hydrogen) atoms. The molecule has 78 valence electrons. The summed E-state index contributed by atoms with van der Waals surface area (Å²) in [6.45, 7) is 4.02. The maximum atomic E-state index is 4.36. The molecule has 0 unspecified atom stereocenters. The lowest BCUT2D eigenvalue weighted by Gasteiger charge is -2.27. The zero-order valence-corrected chi connectivity index (χ0v) is 8.40. The van der Waals surface area contributed by atoms with Crippen LogP contribution in [0.25, 0.3) is 11.0 Å². The molecule has 5 heteroatoms. The van der Waals surface area contributed by atoms with Crippen LogP contribution >= 0.6 is 0 Å². The van der Waals surface area contributed by atoms with Crippen LogP contribution in [0.3, 0.4) is 0 Å². The zero-order valence-electron chi connectivity index (χ0n) is 8.40. The molecule has 2 aromatic rings. The molecule has 1 aliphatic heterocycles. The third kappa shape index (κ3) is 1.45. The molecular weight excluding hydrogens is 190 g/mol. The van der Waals surface area contributed by atoms with Gasteiger partial charge in [-0.3, -0.25) is 10.1 Å². The summed E-state index contributed by atoms with van der Waals surface area (Å²) in [4.78, 5) is 6.63. The quantitative estimate of drug-likeness (QED) is 0.703. The van der Waals surface area contributed by atoms with Crippen LogP contribution in [-0.4, -0.2) is 41.4 Å². The number of nitrogens with one attached hydrogen (secondary N) is 2. The van der Waals surface area contributed by atoms with Gasteiger partial charge < -0.3 is 10.2 Å². The average molecular weight is 203 g/mol. The SMILES string of the molecule is c1cnc2c(N3CCNCC3)n[nH]c2c1. The van der Waals surface area contributed by atoms with Crippen molar-refractivity contribution in [2.75, 3.05) is 31.1 Å². The Hall–Kier alpha value is -1.62. The fourth-order valence-corrected chi connectivity index (χ4v) is 1.94. The van der Waals surface area contributed by atoms with Gasteiger partial charge in [-0.2, -0.15) is 5.10 Å². The fourth-order valence-electron chi connectivity index (χ4n) is 1.94. The number of fused-ring (bicyclic) bond motifs is 1. The second-order valence-corrected chi connectivity index (χ2v) is 3.68. The largest absolute Gasteiger partial charge is 0.351 e. The lowest BCUT2D eigenvalue weighted by Crippen LogP contribution is -2.43. The van der Waals surface area contributed by atoms with Gasteiger partial charge in [0.2, 0.25) is 0 Å². The van der Waals surface area contributed by atoms with Crippen molar-refractivity contribution in [3.8, 4) is 0 Å². The summed E-state index contributed by atoms with van der Waals surface area (Å²) in [5.74, 6) is 0.979. The number of anilines is 1. The number of nitrogens with zero attached hydrogens (tertiary/aromatic N) is 3. The van der Waals surface area contributed by atoms with Gasteiger partial charge in [0.25, 0.3) is 0 Å². The molecule has 1 aliphatic rings. The van der Waals surface area contributed by atoms with Gasteiger partial charge in [0, 0.05) is 32.4 Å². The molecule has 2 N–H and O–H groups in total. The number of hydrogen-bond donors (Lipinski definition) is 2. The molecule has 0 amide bonds. The van der Waals surface area contributed by atoms with Crippen LogP contribution in [0, 0.1) is 0 Å². The molecule has 1 fully saturated rings. The first-order valence-corrected chi connectivity index (χ1v) is 5.20. The molecule has 0 saturated carbocycles. The van der Waals surface area contributed by atoms with E-state index in [2.05, 4.69) is 25.4 Å². The second kappa shape index (κ2) is 3.51. The molecular formula is C10H13N5. The summed E-state index contributed by atoms with van der Waals surface area (Å²) in [5.41, 5.74) is 1.98. The minimum Gasteiger partial charge on any atom is -0.351 e. The van der Waals surface area contributed by atoms with Gasteiger partial charge >= 0.3 is 0 Å². The lowest BCUT2D eigenvalue weighted by molar-refractivity contribution is 0.585. The normalized spacial score (nSPS) is 17.2. The van der Waals surface area contributed by atoms with Gasteiger partial charge in [-0.05, 0) is 12.1 Å². The van der Waals surface area contributed by atoms with Crippen molar-refractivity contribution in [1.82, 2.24) is 20.5 Å². The Morgan fingerprint density at radius 2 is 2.13 bits per heavy atom. The van der Waals surface area contributed by atoms with Crippen molar-refractivity contribution in [1.29, 1.82) is 0 Å². The molecule has 0 radical (unpaired) electrons. The highest BCUT2D eigenvalue weighted by atomic mass is 15.3. The summed E-state index contributed by atoms with van der Waals surface area (Å²) < 4.78 is 0. The summed E-state index contributed by atoms with van der Waals surface area (Å²) in [6, 6.07) is 3.92. The Kier molecular flexibility index (Phi) is 2.03. The Labute approximate surface area is 87.5 Å². The average Bonchev–Trinajstić information content (AvgIpc) is 2.74. The lowest BCUT2D eigenvalue weighted by atomic mass is 10.3. The topological polar surface area (TPSA) is 56.8 Å². The van der Waals surface area contributed by atoms with Crippen molar-refractivity contribution < 1.29 is 0 Å². The van der Waals surface area contributed by atoms with E-state index in [0.717, 1.165) is 43.0 Å². The summed E-state index contributed by atoms with van der Waals surface area (Å²) >= 11 is 0. The van der Waals surface area contributed by atoms with Crippen LogP contribution in [0.5, 0.6) is 0 Å². The maximum absolute atomic E-state index is 4.36. The van der Waals surface area contributed by atoms with Crippen LogP contribution < -0.4 is 10.2 Å². The molecule has 2 aromatic heterocycles. The molecule has 0 aliphatic carbocycles. The first-order chi connectivity index (χ1) is 7.45. The van der Waals surface area contributed by atoms with Crippen LogP contribution in [0.1, 0.15) is 0 Å². The maximum Gasteiger partial charge on any atom is 0.177 e. The molecule has 0 atom stereocenters. The van der Waals surface area contributed by atoms with Crippen molar-refractivity contribution in [2.45, 2.75) is 0 Å². The van der Waals surface area contributed by atoms with Crippen molar-refractivity contribution in [3.63, 3.8) is 0 Å². The first kappa shape index (κ1) is 8.67. The molecule has 3 rings (SSSR count). The Bertz CT molecular complexity index is 458. The molecule has 5 nitrogen and oxygen atoms in total. The monoisotopic (exact) mass is 203 g/mol. The standard InChI is InChI=1S/C10H13N5/c1-2-8-9(12-3-1)10(14-13-8)15-6-4-11-5-7-15/h1-3,11H,4-7H2,(H,13,14). The molecule has 0 bridgehead atoms. The van der Waals surface area contributed by atoms with E-state index in [-0.39, 0.29) is 0 Å². The van der Waals surface area contributed by atoms with Crippen molar-refractivity contribution in [2.24, 2.45) is 0 Å². The van der Waals surface area contributed by atoms with E-state index in [1.54, 1.807) is 0 Å². The van der Waals surface area contributed by atoms with Gasteiger partial charge in [0.05, 0.1) is 5.52 Å². The van der Waals surface area contributed by atoms with Crippen LogP contribution in [0.15, 0.2) is 18.3 Å². The van der Waals surface area contributed by atoms with Crippen LogP contribution in [0.2, 0.25) is 0 Å². The van der Waals surface area contributed by atoms with Gasteiger partial charge in [0.15, 0.2) is 5.82 Å². The summed E-state index contributed by atoms with van der Waals surface area (Å²) in [6.07, 6.45) is 1.81. The molecule has 1 saturated heterocycles. The first-order valence-electron chi connectivity index (χ1n) is 5.20. The molecule has 3 heterocycles. The van der Waals surface area contributed by atoms with E-state index < -0.39 is 0 Å². The van der Waals surface area contributed by atoms with E-state index in [4.69, 9.17) is 0 Å². The molecule has 0 spiro atoms. The van der Waals surface area contributed by atoms with Gasteiger partial charge in [-0.15, -0.1) is 0 Å². The van der Waals surface area contributed by atoms with Crippen molar-refractivity contribution in [3.05, 3.63) is 18.3 Å². The fraction of sp³-hybridized carbons (Fsp3) is 0.400. The Morgan fingerprint density at radius 3 is 3.00 bits per heavy atom. The predicted molar refractivity (Wildman–Crippen MR) is 59.0 cm³/mol. The van der Waals surface area contributed by atoms with E-state index in [1.807, 2.05) is 18.3 Å². The van der Waals surface area contributed by atoms with E-state index >= 15 is 0 Å².